The van der Waals surface area contributed by atoms with Crippen molar-refractivity contribution in [3.8, 4) is 0 Å². The molecule has 16 heavy (non-hydrogen) atoms. The van der Waals surface area contributed by atoms with E-state index < -0.39 is 6.10 Å². The van der Waals surface area contributed by atoms with E-state index in [1.807, 2.05) is 30.3 Å². The van der Waals surface area contributed by atoms with Gasteiger partial charge < -0.3 is 10.8 Å². The van der Waals surface area contributed by atoms with Gasteiger partial charge in [0, 0.05) is 0 Å². The number of aliphatic hydroxyl groups is 1. The summed E-state index contributed by atoms with van der Waals surface area (Å²) in [5.74, 6) is 0. The number of anilines is 1. The normalized spacial score (nSPS) is 12.4. The van der Waals surface area contributed by atoms with Gasteiger partial charge in [0.2, 0.25) is 0 Å². The van der Waals surface area contributed by atoms with Crippen molar-refractivity contribution in [1.29, 1.82) is 0 Å². The van der Waals surface area contributed by atoms with Crippen LogP contribution in [-0.2, 0) is 0 Å². The Morgan fingerprint density at radius 2 is 1.69 bits per heavy atom. The third-order valence-electron chi connectivity index (χ3n) is 2.45. The summed E-state index contributed by atoms with van der Waals surface area (Å²) in [5.41, 5.74) is 7.76. The number of nitrogens with two attached hydrogens (primary N) is 1. The van der Waals surface area contributed by atoms with Gasteiger partial charge in [0.15, 0.2) is 0 Å². The van der Waals surface area contributed by atoms with Crippen LogP contribution in [0.15, 0.2) is 48.5 Å². The van der Waals surface area contributed by atoms with Gasteiger partial charge in [-0.1, -0.05) is 48.0 Å². The number of rotatable bonds is 2. The monoisotopic (exact) mass is 233 g/mol. The largest absolute Gasteiger partial charge is 0.398 e. The standard InChI is InChI=1S/C13H12ClNO/c14-11-7-6-10(8-12(11)15)13(16)9-4-2-1-3-5-9/h1-8,13,16H,15H2/t13-/m0/s1. The lowest BCUT2D eigenvalue weighted by atomic mass is 10.0. The number of aliphatic hydroxyl groups excluding tert-OH is 1. The van der Waals surface area contributed by atoms with Crippen LogP contribution in [0.4, 0.5) is 5.69 Å². The lowest BCUT2D eigenvalue weighted by molar-refractivity contribution is 0.220. The van der Waals surface area contributed by atoms with Gasteiger partial charge in [0.1, 0.15) is 6.10 Å². The summed E-state index contributed by atoms with van der Waals surface area (Å²) in [7, 11) is 0. The fraction of sp³-hybridized carbons (Fsp3) is 0.0769. The van der Waals surface area contributed by atoms with Crippen molar-refractivity contribution in [2.45, 2.75) is 6.10 Å². The van der Waals surface area contributed by atoms with Gasteiger partial charge in [-0.25, -0.2) is 0 Å². The number of hydrogen-bond donors (Lipinski definition) is 2. The van der Waals surface area contributed by atoms with E-state index in [0.717, 1.165) is 11.1 Å². The zero-order chi connectivity index (χ0) is 11.5. The molecule has 0 bridgehead atoms. The van der Waals surface area contributed by atoms with E-state index in [9.17, 15) is 5.11 Å². The number of halogens is 1. The Morgan fingerprint density at radius 3 is 2.31 bits per heavy atom. The van der Waals surface area contributed by atoms with Crippen LogP contribution in [-0.4, -0.2) is 5.11 Å². The van der Waals surface area contributed by atoms with Gasteiger partial charge in [0.05, 0.1) is 10.7 Å². The van der Waals surface area contributed by atoms with E-state index in [0.29, 0.717) is 10.7 Å². The highest BCUT2D eigenvalue weighted by Crippen LogP contribution is 2.26. The van der Waals surface area contributed by atoms with E-state index in [-0.39, 0.29) is 0 Å². The van der Waals surface area contributed by atoms with Crippen LogP contribution < -0.4 is 5.73 Å². The van der Waals surface area contributed by atoms with Gasteiger partial charge in [0.25, 0.3) is 0 Å². The van der Waals surface area contributed by atoms with Crippen LogP contribution in [0.5, 0.6) is 0 Å². The molecule has 0 unspecified atom stereocenters. The molecule has 3 heteroatoms. The molecular weight excluding hydrogens is 222 g/mol. The Bertz CT molecular complexity index is 485. The minimum absolute atomic E-state index is 0.481. The second-order valence-electron chi connectivity index (χ2n) is 3.59. The summed E-state index contributed by atoms with van der Waals surface area (Å²) in [6, 6.07) is 14.6. The van der Waals surface area contributed by atoms with Gasteiger partial charge in [-0.05, 0) is 23.3 Å². The summed E-state index contributed by atoms with van der Waals surface area (Å²) >= 11 is 5.82. The number of hydrogen-bond acceptors (Lipinski definition) is 2. The Morgan fingerprint density at radius 1 is 1.00 bits per heavy atom. The van der Waals surface area contributed by atoms with E-state index in [1.54, 1.807) is 18.2 Å². The predicted molar refractivity (Wildman–Crippen MR) is 66.4 cm³/mol. The fourth-order valence-corrected chi connectivity index (χ4v) is 1.68. The molecule has 2 aromatic rings. The number of nitrogen functional groups attached to an aromatic ring is 1. The van der Waals surface area contributed by atoms with Crippen LogP contribution in [0.25, 0.3) is 0 Å². The molecule has 0 radical (unpaired) electrons. The first kappa shape index (κ1) is 11.0. The molecule has 2 rings (SSSR count). The summed E-state index contributed by atoms with van der Waals surface area (Å²) in [4.78, 5) is 0. The van der Waals surface area contributed by atoms with Crippen molar-refractivity contribution in [1.82, 2.24) is 0 Å². The van der Waals surface area contributed by atoms with Crippen molar-refractivity contribution in [2.75, 3.05) is 5.73 Å². The van der Waals surface area contributed by atoms with E-state index in [2.05, 4.69) is 0 Å². The average Bonchev–Trinajstić information content (AvgIpc) is 2.33. The lowest BCUT2D eigenvalue weighted by Gasteiger charge is -2.12. The molecule has 0 fully saturated rings. The molecule has 0 heterocycles. The van der Waals surface area contributed by atoms with Crippen LogP contribution in [0, 0.1) is 0 Å². The molecule has 0 amide bonds. The van der Waals surface area contributed by atoms with E-state index in [4.69, 9.17) is 17.3 Å². The lowest BCUT2D eigenvalue weighted by Crippen LogP contribution is -2.00. The zero-order valence-corrected chi connectivity index (χ0v) is 9.35. The maximum atomic E-state index is 10.1. The molecule has 0 spiro atoms. The van der Waals surface area contributed by atoms with Crippen molar-refractivity contribution in [3.05, 3.63) is 64.7 Å². The van der Waals surface area contributed by atoms with Crippen LogP contribution in [0.3, 0.4) is 0 Å². The molecule has 1 atom stereocenters. The molecule has 0 saturated carbocycles. The second kappa shape index (κ2) is 4.56. The molecule has 2 nitrogen and oxygen atoms in total. The minimum atomic E-state index is -0.666. The third kappa shape index (κ3) is 2.18. The highest BCUT2D eigenvalue weighted by Gasteiger charge is 2.10. The zero-order valence-electron chi connectivity index (χ0n) is 8.60. The Hall–Kier alpha value is -1.51. The summed E-state index contributed by atoms with van der Waals surface area (Å²) < 4.78 is 0. The van der Waals surface area contributed by atoms with Crippen molar-refractivity contribution in [3.63, 3.8) is 0 Å². The predicted octanol–water partition coefficient (Wildman–Crippen LogP) is 3.00. The number of benzene rings is 2. The van der Waals surface area contributed by atoms with E-state index >= 15 is 0 Å². The summed E-state index contributed by atoms with van der Waals surface area (Å²) in [5, 5.41) is 10.6. The maximum absolute atomic E-state index is 10.1. The second-order valence-corrected chi connectivity index (χ2v) is 4.00. The van der Waals surface area contributed by atoms with Crippen LogP contribution >= 0.6 is 11.6 Å². The van der Waals surface area contributed by atoms with Crippen molar-refractivity contribution in [2.24, 2.45) is 0 Å². The highest BCUT2D eigenvalue weighted by atomic mass is 35.5. The highest BCUT2D eigenvalue weighted by molar-refractivity contribution is 6.33. The van der Waals surface area contributed by atoms with Crippen LogP contribution in [0.2, 0.25) is 5.02 Å². The molecule has 0 aliphatic heterocycles. The smallest absolute Gasteiger partial charge is 0.104 e. The third-order valence-corrected chi connectivity index (χ3v) is 2.80. The molecular formula is C13H12ClNO. The molecule has 0 aliphatic carbocycles. The quantitative estimate of drug-likeness (QED) is 0.784. The Labute approximate surface area is 99.3 Å². The molecule has 82 valence electrons. The Kier molecular flexibility index (Phi) is 3.13. The average molecular weight is 234 g/mol. The summed E-state index contributed by atoms with van der Waals surface area (Å²) in [6.07, 6.45) is -0.666. The van der Waals surface area contributed by atoms with Crippen molar-refractivity contribution < 1.29 is 5.11 Å². The molecule has 3 N–H and O–H groups in total. The molecule has 0 saturated heterocycles. The summed E-state index contributed by atoms with van der Waals surface area (Å²) in [6.45, 7) is 0. The van der Waals surface area contributed by atoms with Gasteiger partial charge >= 0.3 is 0 Å². The first-order valence-electron chi connectivity index (χ1n) is 4.96. The first-order chi connectivity index (χ1) is 7.68. The van der Waals surface area contributed by atoms with Crippen molar-refractivity contribution >= 4 is 17.3 Å². The van der Waals surface area contributed by atoms with E-state index in [1.165, 1.54) is 0 Å². The van der Waals surface area contributed by atoms with Crippen LogP contribution in [0.1, 0.15) is 17.2 Å². The van der Waals surface area contributed by atoms with Gasteiger partial charge in [-0.2, -0.15) is 0 Å². The van der Waals surface area contributed by atoms with Gasteiger partial charge in [-0.15, -0.1) is 0 Å². The topological polar surface area (TPSA) is 46.2 Å². The molecule has 2 aromatic carbocycles. The Balaban J connectivity index is 2.34. The maximum Gasteiger partial charge on any atom is 0.104 e. The molecule has 0 aromatic heterocycles. The van der Waals surface area contributed by atoms with Gasteiger partial charge in [-0.3, -0.25) is 0 Å². The minimum Gasteiger partial charge on any atom is -0.398 e. The first-order valence-corrected chi connectivity index (χ1v) is 5.34. The SMILES string of the molecule is Nc1cc([C@@H](O)c2ccccc2)ccc1Cl. The molecule has 0 aliphatic rings. The fourth-order valence-electron chi connectivity index (χ4n) is 1.56.